The van der Waals surface area contributed by atoms with E-state index in [0.29, 0.717) is 19.5 Å². The SMILES string of the molecule is CCCCCCCCCCCCCC[C@H](N)CNC(=O)N(CCCCCCCCCCCC)C(CCCC)C(N)=O. The predicted octanol–water partition coefficient (Wildman–Crippen LogP) is 9.38. The molecule has 0 radical (unpaired) electrons. The van der Waals surface area contributed by atoms with Crippen molar-refractivity contribution in [3.8, 4) is 0 Å². The van der Waals surface area contributed by atoms with E-state index in [1.54, 1.807) is 4.90 Å². The van der Waals surface area contributed by atoms with Crippen LogP contribution in [0, 0.1) is 0 Å². The number of carbonyl (C=O) groups is 2. The Morgan fingerprint density at radius 3 is 1.37 bits per heavy atom. The molecular formula is C35H72N4O2. The smallest absolute Gasteiger partial charge is 0.318 e. The van der Waals surface area contributed by atoms with E-state index in [0.717, 1.165) is 38.5 Å². The number of amides is 3. The molecule has 0 aromatic heterocycles. The van der Waals surface area contributed by atoms with Crippen LogP contribution in [-0.4, -0.2) is 42.0 Å². The zero-order valence-corrected chi connectivity index (χ0v) is 27.9. The van der Waals surface area contributed by atoms with Gasteiger partial charge >= 0.3 is 6.03 Å². The van der Waals surface area contributed by atoms with E-state index in [1.165, 1.54) is 122 Å². The second-order valence-corrected chi connectivity index (χ2v) is 12.6. The molecule has 41 heavy (non-hydrogen) atoms. The molecule has 0 aromatic rings. The molecule has 0 saturated carbocycles. The van der Waals surface area contributed by atoms with Gasteiger partial charge in [0.1, 0.15) is 6.04 Å². The van der Waals surface area contributed by atoms with Gasteiger partial charge in [0.25, 0.3) is 0 Å². The average Bonchev–Trinajstić information content (AvgIpc) is 2.96. The maximum absolute atomic E-state index is 13.2. The molecule has 0 bridgehead atoms. The lowest BCUT2D eigenvalue weighted by atomic mass is 10.0. The summed E-state index contributed by atoms with van der Waals surface area (Å²) in [4.78, 5) is 27.2. The van der Waals surface area contributed by atoms with Crippen molar-refractivity contribution < 1.29 is 9.59 Å². The van der Waals surface area contributed by atoms with Crippen LogP contribution in [-0.2, 0) is 4.79 Å². The van der Waals surface area contributed by atoms with Crippen molar-refractivity contribution in [1.29, 1.82) is 0 Å². The number of nitrogens with zero attached hydrogens (tertiary/aromatic N) is 1. The zero-order chi connectivity index (χ0) is 30.4. The number of unbranched alkanes of at least 4 members (excludes halogenated alkanes) is 21. The van der Waals surface area contributed by atoms with E-state index in [4.69, 9.17) is 11.5 Å². The van der Waals surface area contributed by atoms with Gasteiger partial charge in [0.15, 0.2) is 0 Å². The average molecular weight is 581 g/mol. The van der Waals surface area contributed by atoms with Crippen molar-refractivity contribution in [3.63, 3.8) is 0 Å². The van der Waals surface area contributed by atoms with Crippen LogP contribution < -0.4 is 16.8 Å². The lowest BCUT2D eigenvalue weighted by Crippen LogP contribution is -2.53. The number of nitrogens with one attached hydrogen (secondary N) is 1. The fourth-order valence-electron chi connectivity index (χ4n) is 5.69. The molecule has 0 heterocycles. The first-order valence-electron chi connectivity index (χ1n) is 18.1. The van der Waals surface area contributed by atoms with Crippen LogP contribution in [0.5, 0.6) is 0 Å². The molecule has 0 aliphatic rings. The van der Waals surface area contributed by atoms with Gasteiger partial charge in [0, 0.05) is 19.1 Å². The van der Waals surface area contributed by atoms with Crippen LogP contribution >= 0.6 is 0 Å². The number of hydrogen-bond donors (Lipinski definition) is 3. The van der Waals surface area contributed by atoms with Crippen LogP contribution in [0.1, 0.15) is 188 Å². The molecule has 6 heteroatoms. The second kappa shape index (κ2) is 30.2. The van der Waals surface area contributed by atoms with E-state index in [-0.39, 0.29) is 12.1 Å². The van der Waals surface area contributed by atoms with Crippen molar-refractivity contribution >= 4 is 11.9 Å². The number of hydrogen-bond acceptors (Lipinski definition) is 3. The van der Waals surface area contributed by atoms with E-state index in [2.05, 4.69) is 26.1 Å². The minimum atomic E-state index is -0.541. The molecule has 5 N–H and O–H groups in total. The van der Waals surface area contributed by atoms with Crippen molar-refractivity contribution in [2.24, 2.45) is 11.5 Å². The van der Waals surface area contributed by atoms with Crippen molar-refractivity contribution in [3.05, 3.63) is 0 Å². The van der Waals surface area contributed by atoms with Crippen LogP contribution in [0.2, 0.25) is 0 Å². The Bertz CT molecular complexity index is 587. The van der Waals surface area contributed by atoms with Gasteiger partial charge in [0.05, 0.1) is 0 Å². The molecule has 1 unspecified atom stereocenters. The minimum Gasteiger partial charge on any atom is -0.368 e. The van der Waals surface area contributed by atoms with Gasteiger partial charge < -0.3 is 21.7 Å². The number of nitrogens with two attached hydrogens (primary N) is 2. The summed E-state index contributed by atoms with van der Waals surface area (Å²) >= 11 is 0. The Hall–Kier alpha value is -1.30. The molecule has 2 atom stereocenters. The summed E-state index contributed by atoms with van der Waals surface area (Å²) < 4.78 is 0. The summed E-state index contributed by atoms with van der Waals surface area (Å²) in [6.07, 6.45) is 31.7. The molecule has 0 saturated heterocycles. The lowest BCUT2D eigenvalue weighted by Gasteiger charge is -2.30. The standard InChI is InChI=1S/C35H72N4O2/c1-4-7-10-12-14-16-18-19-20-22-24-26-28-32(36)31-38-35(41)39(33(34(37)40)29-9-6-3)30-27-25-23-21-17-15-13-11-8-5-2/h32-33H,4-31,36H2,1-3H3,(H2,37,40)(H,38,41)/t32-,33?/m0/s1. The summed E-state index contributed by atoms with van der Waals surface area (Å²) in [5.41, 5.74) is 12.1. The first-order valence-corrected chi connectivity index (χ1v) is 18.1. The molecule has 0 aromatic carbocycles. The van der Waals surface area contributed by atoms with E-state index in [9.17, 15) is 9.59 Å². The molecule has 0 fully saturated rings. The van der Waals surface area contributed by atoms with E-state index >= 15 is 0 Å². The molecule has 0 rings (SSSR count). The second-order valence-electron chi connectivity index (χ2n) is 12.6. The quantitative estimate of drug-likeness (QED) is 0.0712. The third-order valence-corrected chi connectivity index (χ3v) is 8.49. The Balaban J connectivity index is 4.27. The number of urea groups is 1. The van der Waals surface area contributed by atoms with Gasteiger partial charge in [-0.25, -0.2) is 4.79 Å². The van der Waals surface area contributed by atoms with Gasteiger partial charge in [-0.3, -0.25) is 4.79 Å². The first-order chi connectivity index (χ1) is 20.0. The summed E-state index contributed by atoms with van der Waals surface area (Å²) in [6, 6.07) is -0.782. The van der Waals surface area contributed by atoms with Crippen LogP contribution in [0.15, 0.2) is 0 Å². The summed E-state index contributed by atoms with van der Waals surface area (Å²) in [6.45, 7) is 7.65. The lowest BCUT2D eigenvalue weighted by molar-refractivity contribution is -0.122. The molecule has 3 amide bonds. The van der Waals surface area contributed by atoms with E-state index < -0.39 is 11.9 Å². The van der Waals surface area contributed by atoms with Crippen LogP contribution in [0.4, 0.5) is 4.79 Å². The van der Waals surface area contributed by atoms with Gasteiger partial charge in [-0.2, -0.15) is 0 Å². The first kappa shape index (κ1) is 39.7. The minimum absolute atomic E-state index is 0.0519. The number of carbonyl (C=O) groups excluding carboxylic acids is 2. The monoisotopic (exact) mass is 581 g/mol. The number of primary amides is 1. The molecule has 0 aliphatic carbocycles. The highest BCUT2D eigenvalue weighted by Crippen LogP contribution is 2.15. The topological polar surface area (TPSA) is 101 Å². The van der Waals surface area contributed by atoms with Gasteiger partial charge in [-0.05, 0) is 19.3 Å². The van der Waals surface area contributed by atoms with Crippen LogP contribution in [0.3, 0.4) is 0 Å². The number of rotatable bonds is 31. The van der Waals surface area contributed by atoms with Crippen molar-refractivity contribution in [2.45, 2.75) is 200 Å². The molecule has 6 nitrogen and oxygen atoms in total. The van der Waals surface area contributed by atoms with Crippen molar-refractivity contribution in [2.75, 3.05) is 13.1 Å². The van der Waals surface area contributed by atoms with Gasteiger partial charge in [0.2, 0.25) is 5.91 Å². The van der Waals surface area contributed by atoms with E-state index in [1.807, 2.05) is 0 Å². The maximum atomic E-state index is 13.2. The zero-order valence-electron chi connectivity index (χ0n) is 27.9. The highest BCUT2D eigenvalue weighted by molar-refractivity contribution is 5.86. The predicted molar refractivity (Wildman–Crippen MR) is 178 cm³/mol. The summed E-state index contributed by atoms with van der Waals surface area (Å²) in [7, 11) is 0. The highest BCUT2D eigenvalue weighted by atomic mass is 16.2. The van der Waals surface area contributed by atoms with Gasteiger partial charge in [-0.15, -0.1) is 0 Å². The summed E-state index contributed by atoms with van der Waals surface area (Å²) in [5, 5.41) is 3.03. The van der Waals surface area contributed by atoms with Gasteiger partial charge in [-0.1, -0.05) is 168 Å². The Morgan fingerprint density at radius 2 is 0.951 bits per heavy atom. The van der Waals surface area contributed by atoms with Crippen molar-refractivity contribution in [1.82, 2.24) is 10.2 Å². The Labute approximate surface area is 255 Å². The fourth-order valence-corrected chi connectivity index (χ4v) is 5.69. The Kier molecular flexibility index (Phi) is 29.2. The Morgan fingerprint density at radius 1 is 0.561 bits per heavy atom. The third kappa shape index (κ3) is 25.0. The molecule has 0 aliphatic heterocycles. The largest absolute Gasteiger partial charge is 0.368 e. The third-order valence-electron chi connectivity index (χ3n) is 8.49. The molecule has 0 spiro atoms. The maximum Gasteiger partial charge on any atom is 0.318 e. The summed E-state index contributed by atoms with van der Waals surface area (Å²) in [5.74, 6) is -0.401. The highest BCUT2D eigenvalue weighted by Gasteiger charge is 2.27. The molecular weight excluding hydrogens is 508 g/mol. The molecule has 244 valence electrons. The van der Waals surface area contributed by atoms with Crippen LogP contribution in [0.25, 0.3) is 0 Å². The normalized spacial score (nSPS) is 12.8. The fraction of sp³-hybridized carbons (Fsp3) is 0.943.